The van der Waals surface area contributed by atoms with E-state index < -0.39 is 11.5 Å². The molecule has 32 heavy (non-hydrogen) atoms. The Morgan fingerprint density at radius 3 is 2.66 bits per heavy atom. The number of ether oxygens (including phenoxy) is 1. The zero-order chi connectivity index (χ0) is 22.8. The first-order chi connectivity index (χ1) is 15.4. The van der Waals surface area contributed by atoms with Gasteiger partial charge >= 0.3 is 5.97 Å². The number of carboxylic acid groups (broad SMARTS) is 1. The molecule has 0 bridgehead atoms. The van der Waals surface area contributed by atoms with Gasteiger partial charge in [0.1, 0.15) is 23.8 Å². The highest BCUT2D eigenvalue weighted by Crippen LogP contribution is 2.34. The van der Waals surface area contributed by atoms with Crippen molar-refractivity contribution in [1.29, 1.82) is 0 Å². The Labute approximate surface area is 184 Å². The number of nitrogens with zero attached hydrogens (tertiary/aromatic N) is 3. The minimum absolute atomic E-state index is 0.115. The molecule has 0 saturated heterocycles. The molecule has 1 aromatic carbocycles. The van der Waals surface area contributed by atoms with E-state index in [-0.39, 0.29) is 24.3 Å². The van der Waals surface area contributed by atoms with E-state index in [1.807, 2.05) is 26.0 Å². The van der Waals surface area contributed by atoms with Crippen LogP contribution in [0.15, 0.2) is 52.7 Å². The van der Waals surface area contributed by atoms with Crippen molar-refractivity contribution in [3.05, 3.63) is 81.0 Å². The lowest BCUT2D eigenvalue weighted by Gasteiger charge is -2.18. The predicted octanol–water partition coefficient (Wildman–Crippen LogP) is 3.18. The van der Waals surface area contributed by atoms with Crippen LogP contribution in [0.4, 0.5) is 0 Å². The summed E-state index contributed by atoms with van der Waals surface area (Å²) in [7, 11) is 0. The van der Waals surface area contributed by atoms with E-state index >= 15 is 0 Å². The van der Waals surface area contributed by atoms with Gasteiger partial charge in [0.25, 0.3) is 5.56 Å². The zero-order valence-corrected chi connectivity index (χ0v) is 17.8. The first kappa shape index (κ1) is 21.3. The third-order valence-corrected chi connectivity index (χ3v) is 5.46. The van der Waals surface area contributed by atoms with E-state index in [1.54, 1.807) is 24.5 Å². The number of carbonyl (C=O) groups is 1. The smallest absolute Gasteiger partial charge is 0.308 e. The maximum atomic E-state index is 12.7. The lowest BCUT2D eigenvalue weighted by atomic mass is 9.99. The highest BCUT2D eigenvalue weighted by molar-refractivity contribution is 6.14. The van der Waals surface area contributed by atoms with E-state index in [2.05, 4.69) is 9.98 Å². The normalized spacial score (nSPS) is 12.5. The Morgan fingerprint density at radius 2 is 2.00 bits per heavy atom. The molecule has 4 rings (SSSR count). The molecule has 8 heteroatoms. The largest absolute Gasteiger partial charge is 0.507 e. The van der Waals surface area contributed by atoms with Crippen LogP contribution in [0.1, 0.15) is 41.2 Å². The molecule has 0 fully saturated rings. The summed E-state index contributed by atoms with van der Waals surface area (Å²) >= 11 is 0. The fourth-order valence-corrected chi connectivity index (χ4v) is 3.70. The monoisotopic (exact) mass is 433 g/mol. The summed E-state index contributed by atoms with van der Waals surface area (Å²) in [6.45, 7) is 4.05. The summed E-state index contributed by atoms with van der Waals surface area (Å²) < 4.78 is 7.45. The predicted molar refractivity (Wildman–Crippen MR) is 120 cm³/mol. The van der Waals surface area contributed by atoms with E-state index in [0.29, 0.717) is 34.5 Å². The van der Waals surface area contributed by atoms with Crippen LogP contribution in [0.2, 0.25) is 0 Å². The van der Waals surface area contributed by atoms with E-state index in [0.717, 1.165) is 17.7 Å². The Balaban J connectivity index is 1.69. The molecule has 1 aliphatic heterocycles. The van der Waals surface area contributed by atoms with Gasteiger partial charge in [0.15, 0.2) is 0 Å². The fourth-order valence-electron chi connectivity index (χ4n) is 3.70. The van der Waals surface area contributed by atoms with Crippen LogP contribution in [-0.2, 0) is 24.2 Å². The molecule has 0 amide bonds. The first-order valence-electron chi connectivity index (χ1n) is 10.3. The van der Waals surface area contributed by atoms with Crippen molar-refractivity contribution in [2.45, 2.75) is 39.7 Å². The average molecular weight is 433 g/mol. The summed E-state index contributed by atoms with van der Waals surface area (Å²) in [4.78, 5) is 32.2. The van der Waals surface area contributed by atoms with E-state index in [9.17, 15) is 14.7 Å². The van der Waals surface area contributed by atoms with Gasteiger partial charge in [0, 0.05) is 40.8 Å². The van der Waals surface area contributed by atoms with Crippen molar-refractivity contribution >= 4 is 17.3 Å². The van der Waals surface area contributed by atoms with Gasteiger partial charge in [-0.05, 0) is 43.2 Å². The Kier molecular flexibility index (Phi) is 5.77. The van der Waals surface area contributed by atoms with Crippen LogP contribution in [-0.4, -0.2) is 31.3 Å². The molecule has 1 aliphatic rings. The summed E-state index contributed by atoms with van der Waals surface area (Å²) in [5.41, 5.74) is 3.82. The number of aliphatic carboxylic acids is 1. The summed E-state index contributed by atoms with van der Waals surface area (Å²) in [6.07, 6.45) is 7.49. The number of hydrogen-bond donors (Lipinski definition) is 2. The third kappa shape index (κ3) is 3.87. The van der Waals surface area contributed by atoms with E-state index in [1.165, 1.54) is 10.6 Å². The molecule has 3 aromatic rings. The quantitative estimate of drug-likeness (QED) is 0.564. The number of pyridine rings is 1. The SMILES string of the molecule is CCCc1c(OCc2c(C)ccn3c(=O)c(CC(=O)O)cnc23)ccc(C2=NC=C2)c1O. The van der Waals surface area contributed by atoms with Crippen molar-refractivity contribution in [2.24, 2.45) is 4.99 Å². The number of carboxylic acids is 1. The molecule has 0 aliphatic carbocycles. The van der Waals surface area contributed by atoms with Crippen molar-refractivity contribution < 1.29 is 19.7 Å². The molecule has 164 valence electrons. The van der Waals surface area contributed by atoms with Gasteiger partial charge in [-0.15, -0.1) is 0 Å². The van der Waals surface area contributed by atoms with Crippen molar-refractivity contribution in [3.63, 3.8) is 0 Å². The van der Waals surface area contributed by atoms with Gasteiger partial charge < -0.3 is 14.9 Å². The number of aromatic nitrogens is 2. The molecule has 0 saturated carbocycles. The van der Waals surface area contributed by atoms with Gasteiger partial charge in [0.05, 0.1) is 12.1 Å². The van der Waals surface area contributed by atoms with Gasteiger partial charge in [-0.3, -0.25) is 19.0 Å². The van der Waals surface area contributed by atoms with E-state index in [4.69, 9.17) is 9.84 Å². The van der Waals surface area contributed by atoms with Crippen molar-refractivity contribution in [1.82, 2.24) is 9.38 Å². The summed E-state index contributed by atoms with van der Waals surface area (Å²) in [6, 6.07) is 5.37. The molecular formula is C24H23N3O5. The molecule has 0 spiro atoms. The number of phenols is 1. The molecule has 3 heterocycles. The van der Waals surface area contributed by atoms with Gasteiger partial charge in [-0.25, -0.2) is 4.98 Å². The lowest BCUT2D eigenvalue weighted by Crippen LogP contribution is -2.22. The zero-order valence-electron chi connectivity index (χ0n) is 17.8. The number of allylic oxidation sites excluding steroid dienone is 1. The Hall–Kier alpha value is -3.94. The highest BCUT2D eigenvalue weighted by atomic mass is 16.5. The van der Waals surface area contributed by atoms with Gasteiger partial charge in [-0.2, -0.15) is 0 Å². The van der Waals surface area contributed by atoms with Gasteiger partial charge in [0.2, 0.25) is 0 Å². The Morgan fingerprint density at radius 1 is 1.22 bits per heavy atom. The van der Waals surface area contributed by atoms with Crippen molar-refractivity contribution in [2.75, 3.05) is 0 Å². The molecular weight excluding hydrogens is 410 g/mol. The molecule has 2 N–H and O–H groups in total. The number of phenolic OH excluding ortho intramolecular Hbond substituents is 1. The van der Waals surface area contributed by atoms with Crippen molar-refractivity contribution in [3.8, 4) is 11.5 Å². The minimum Gasteiger partial charge on any atom is -0.507 e. The average Bonchev–Trinajstić information content (AvgIpc) is 2.71. The standard InChI is InChI=1S/C24H23N3O5/c1-3-4-17-20(6-5-16(22(17)30)19-7-9-25-19)32-13-18-14(2)8-10-27-23(18)26-12-15(24(27)31)11-21(28)29/h5-10,12,30H,3-4,11,13H2,1-2H3,(H,28,29). The molecule has 0 radical (unpaired) electrons. The molecule has 2 aromatic heterocycles. The Bertz CT molecular complexity index is 1340. The maximum Gasteiger partial charge on any atom is 0.308 e. The third-order valence-electron chi connectivity index (χ3n) is 5.46. The molecule has 0 unspecified atom stereocenters. The van der Waals surface area contributed by atoms with Crippen LogP contribution in [0.25, 0.3) is 5.65 Å². The van der Waals surface area contributed by atoms with Crippen LogP contribution >= 0.6 is 0 Å². The van der Waals surface area contributed by atoms with Gasteiger partial charge in [-0.1, -0.05) is 13.3 Å². The summed E-state index contributed by atoms with van der Waals surface area (Å²) in [5.74, 6) is -0.368. The maximum absolute atomic E-state index is 12.7. The fraction of sp³-hybridized carbons (Fsp3) is 0.250. The minimum atomic E-state index is -1.09. The number of fused-ring (bicyclic) bond motifs is 1. The summed E-state index contributed by atoms with van der Waals surface area (Å²) in [5, 5.41) is 19.8. The van der Waals surface area contributed by atoms with Crippen LogP contribution < -0.4 is 10.3 Å². The second-order valence-electron chi connectivity index (χ2n) is 7.64. The topological polar surface area (TPSA) is 113 Å². The number of rotatable bonds is 8. The van der Waals surface area contributed by atoms with Crippen LogP contribution in [0.3, 0.4) is 0 Å². The number of aromatic hydroxyl groups is 1. The van der Waals surface area contributed by atoms with Crippen LogP contribution in [0, 0.1) is 6.92 Å². The highest BCUT2D eigenvalue weighted by Gasteiger charge is 2.19. The second kappa shape index (κ2) is 8.66. The molecule has 8 nitrogen and oxygen atoms in total. The second-order valence-corrected chi connectivity index (χ2v) is 7.64. The number of aryl methyl sites for hydroxylation is 1. The lowest BCUT2D eigenvalue weighted by molar-refractivity contribution is -0.136. The number of aliphatic imine (C=N–C) groups is 1. The number of hydrogen-bond acceptors (Lipinski definition) is 6. The van der Waals surface area contributed by atoms with Crippen LogP contribution in [0.5, 0.6) is 11.5 Å². The molecule has 0 atom stereocenters. The number of benzene rings is 1. The first-order valence-corrected chi connectivity index (χ1v) is 10.3.